The molecule has 6 nitrogen and oxygen atoms in total. The second-order valence-corrected chi connectivity index (χ2v) is 8.12. The Kier molecular flexibility index (Phi) is 6.40. The minimum atomic E-state index is -4.69. The maximum absolute atomic E-state index is 13.8. The van der Waals surface area contributed by atoms with E-state index in [1.165, 1.54) is 30.6 Å². The Hall–Kier alpha value is -3.93. The van der Waals surface area contributed by atoms with Crippen molar-refractivity contribution in [1.29, 1.82) is 0 Å². The fourth-order valence-corrected chi connectivity index (χ4v) is 3.27. The average molecular weight is 454 g/mol. The normalized spacial score (nSPS) is 11.6. The van der Waals surface area contributed by atoms with Gasteiger partial charge in [-0.15, -0.1) is 5.92 Å². The Balaban J connectivity index is 2.19. The van der Waals surface area contributed by atoms with Crippen LogP contribution in [0, 0.1) is 17.3 Å². The molecule has 33 heavy (non-hydrogen) atoms. The van der Waals surface area contributed by atoms with Crippen molar-refractivity contribution in [2.24, 2.45) is 11.1 Å². The summed E-state index contributed by atoms with van der Waals surface area (Å²) in [5, 5.41) is 0. The van der Waals surface area contributed by atoms with Crippen molar-refractivity contribution in [3.8, 4) is 34.5 Å². The molecule has 3 rings (SSSR count). The van der Waals surface area contributed by atoms with E-state index >= 15 is 0 Å². The molecule has 0 saturated carbocycles. The number of carbonyl (C=O) groups excluding carboxylic acids is 1. The number of H-pyrrole nitrogens is 1. The maximum Gasteiger partial charge on any atom is 0.417 e. The zero-order valence-corrected chi connectivity index (χ0v) is 18.2. The van der Waals surface area contributed by atoms with E-state index in [9.17, 15) is 22.8 Å². The third-order valence-electron chi connectivity index (χ3n) is 5.00. The van der Waals surface area contributed by atoms with Crippen LogP contribution in [-0.2, 0) is 17.4 Å². The SMILES string of the molecule is CC#Cc1cncc(-c2cc(=O)[nH]c(-c3cc(CC(C)(C)C(N)=O)ccc3C(F)(F)F)n2)c1. The van der Waals surface area contributed by atoms with E-state index in [1.54, 1.807) is 26.8 Å². The largest absolute Gasteiger partial charge is 0.417 e. The van der Waals surface area contributed by atoms with E-state index in [1.807, 2.05) is 0 Å². The number of amides is 1. The number of nitrogens with zero attached hydrogens (tertiary/aromatic N) is 2. The van der Waals surface area contributed by atoms with Gasteiger partial charge in [0.2, 0.25) is 5.91 Å². The summed E-state index contributed by atoms with van der Waals surface area (Å²) in [7, 11) is 0. The molecule has 1 aromatic carbocycles. The van der Waals surface area contributed by atoms with Crippen LogP contribution in [0.1, 0.15) is 37.5 Å². The molecule has 0 saturated heterocycles. The number of aromatic nitrogens is 3. The molecular formula is C24H21F3N4O2. The van der Waals surface area contributed by atoms with Crippen molar-refractivity contribution in [2.45, 2.75) is 33.4 Å². The minimum absolute atomic E-state index is 0.110. The molecule has 3 N–H and O–H groups in total. The van der Waals surface area contributed by atoms with Crippen LogP contribution in [-0.4, -0.2) is 20.9 Å². The van der Waals surface area contributed by atoms with Gasteiger partial charge in [-0.2, -0.15) is 13.2 Å². The van der Waals surface area contributed by atoms with Crippen LogP contribution in [0.5, 0.6) is 0 Å². The van der Waals surface area contributed by atoms with Crippen molar-refractivity contribution >= 4 is 5.91 Å². The van der Waals surface area contributed by atoms with Crippen LogP contribution in [0.3, 0.4) is 0 Å². The number of hydrogen-bond acceptors (Lipinski definition) is 4. The van der Waals surface area contributed by atoms with Gasteiger partial charge in [-0.05, 0) is 37.1 Å². The zero-order valence-electron chi connectivity index (χ0n) is 18.2. The predicted octanol–water partition coefficient (Wildman–Crippen LogP) is 3.94. The highest BCUT2D eigenvalue weighted by molar-refractivity contribution is 5.80. The molecule has 0 spiro atoms. The minimum Gasteiger partial charge on any atom is -0.369 e. The second-order valence-electron chi connectivity index (χ2n) is 8.12. The Bertz CT molecular complexity index is 1330. The lowest BCUT2D eigenvalue weighted by Crippen LogP contribution is -2.33. The summed E-state index contributed by atoms with van der Waals surface area (Å²) in [6.45, 7) is 4.86. The number of benzene rings is 1. The van der Waals surface area contributed by atoms with Gasteiger partial charge >= 0.3 is 6.18 Å². The van der Waals surface area contributed by atoms with Gasteiger partial charge in [0, 0.05) is 40.6 Å². The highest BCUT2D eigenvalue weighted by atomic mass is 19.4. The first-order valence-corrected chi connectivity index (χ1v) is 9.90. The first kappa shape index (κ1) is 23.7. The summed E-state index contributed by atoms with van der Waals surface area (Å²) in [4.78, 5) is 34.8. The van der Waals surface area contributed by atoms with Crippen LogP contribution in [0.25, 0.3) is 22.6 Å². The number of primary amides is 1. The van der Waals surface area contributed by atoms with Gasteiger partial charge in [-0.25, -0.2) is 4.98 Å². The Labute approximate surface area is 188 Å². The number of pyridine rings is 1. The molecule has 9 heteroatoms. The van der Waals surface area contributed by atoms with Gasteiger partial charge in [0.1, 0.15) is 5.82 Å². The number of rotatable bonds is 5. The van der Waals surface area contributed by atoms with Crippen LogP contribution in [0.2, 0.25) is 0 Å². The van der Waals surface area contributed by atoms with Crippen molar-refractivity contribution in [2.75, 3.05) is 0 Å². The number of halogens is 3. The summed E-state index contributed by atoms with van der Waals surface area (Å²) < 4.78 is 41.3. The molecule has 0 radical (unpaired) electrons. The highest BCUT2D eigenvalue weighted by Crippen LogP contribution is 2.37. The molecule has 0 atom stereocenters. The fourth-order valence-electron chi connectivity index (χ4n) is 3.27. The first-order valence-electron chi connectivity index (χ1n) is 9.90. The third kappa shape index (κ3) is 5.47. The number of nitrogens with two attached hydrogens (primary N) is 1. The lowest BCUT2D eigenvalue weighted by molar-refractivity contribution is -0.137. The molecular weight excluding hydrogens is 433 g/mol. The van der Waals surface area contributed by atoms with E-state index in [-0.39, 0.29) is 23.5 Å². The quantitative estimate of drug-likeness (QED) is 0.570. The smallest absolute Gasteiger partial charge is 0.369 e. The predicted molar refractivity (Wildman–Crippen MR) is 118 cm³/mol. The monoisotopic (exact) mass is 454 g/mol. The molecule has 0 unspecified atom stereocenters. The maximum atomic E-state index is 13.8. The lowest BCUT2D eigenvalue weighted by Gasteiger charge is -2.21. The van der Waals surface area contributed by atoms with Gasteiger partial charge in [0.05, 0.1) is 11.3 Å². The van der Waals surface area contributed by atoms with Gasteiger partial charge in [0.15, 0.2) is 0 Å². The van der Waals surface area contributed by atoms with Gasteiger partial charge in [-0.1, -0.05) is 25.8 Å². The molecule has 3 aromatic rings. The van der Waals surface area contributed by atoms with E-state index in [2.05, 4.69) is 26.8 Å². The van der Waals surface area contributed by atoms with Crippen LogP contribution < -0.4 is 11.3 Å². The summed E-state index contributed by atoms with van der Waals surface area (Å²) in [5.74, 6) is 4.73. The number of aromatic amines is 1. The van der Waals surface area contributed by atoms with Crippen LogP contribution in [0.4, 0.5) is 13.2 Å². The molecule has 0 bridgehead atoms. The van der Waals surface area contributed by atoms with E-state index in [0.717, 1.165) is 6.07 Å². The molecule has 0 fully saturated rings. The molecule has 2 heterocycles. The van der Waals surface area contributed by atoms with Gasteiger partial charge in [-0.3, -0.25) is 14.6 Å². The molecule has 0 aliphatic rings. The molecule has 0 aliphatic heterocycles. The fraction of sp³-hybridized carbons (Fsp3) is 0.250. The Morgan fingerprint density at radius 2 is 1.88 bits per heavy atom. The van der Waals surface area contributed by atoms with Crippen molar-refractivity contribution in [3.05, 3.63) is 69.8 Å². The van der Waals surface area contributed by atoms with Crippen LogP contribution in [0.15, 0.2) is 47.5 Å². The molecule has 170 valence electrons. The zero-order chi connectivity index (χ0) is 24.4. The van der Waals surface area contributed by atoms with Gasteiger partial charge < -0.3 is 10.7 Å². The summed E-state index contributed by atoms with van der Waals surface area (Å²) in [6.07, 6.45) is -1.61. The van der Waals surface area contributed by atoms with E-state index in [0.29, 0.717) is 16.7 Å². The first-order chi connectivity index (χ1) is 15.4. The average Bonchev–Trinajstić information content (AvgIpc) is 2.72. The number of nitrogens with one attached hydrogen (secondary N) is 1. The lowest BCUT2D eigenvalue weighted by atomic mass is 9.84. The number of carbonyl (C=O) groups is 1. The summed E-state index contributed by atoms with van der Waals surface area (Å²) in [5.41, 5.74) is 4.13. The van der Waals surface area contributed by atoms with E-state index < -0.39 is 28.6 Å². The topological polar surface area (TPSA) is 102 Å². The summed E-state index contributed by atoms with van der Waals surface area (Å²) in [6, 6.07) is 6.29. The van der Waals surface area contributed by atoms with Crippen LogP contribution >= 0.6 is 0 Å². The van der Waals surface area contributed by atoms with Crippen molar-refractivity contribution in [3.63, 3.8) is 0 Å². The van der Waals surface area contributed by atoms with E-state index in [4.69, 9.17) is 5.73 Å². The van der Waals surface area contributed by atoms with Gasteiger partial charge in [0.25, 0.3) is 5.56 Å². The molecule has 1 amide bonds. The highest BCUT2D eigenvalue weighted by Gasteiger charge is 2.35. The third-order valence-corrected chi connectivity index (χ3v) is 5.00. The number of hydrogen-bond donors (Lipinski definition) is 2. The van der Waals surface area contributed by atoms with Crippen molar-refractivity contribution < 1.29 is 18.0 Å². The Morgan fingerprint density at radius 3 is 2.52 bits per heavy atom. The second kappa shape index (κ2) is 8.90. The molecule has 2 aromatic heterocycles. The standard InChI is InChI=1S/C24H21F3N4O2/c1-4-5-15-8-16(13-29-12-15)19-10-20(32)31-21(30-19)17-9-14(11-23(2,3)22(28)33)6-7-18(17)24(25,26)27/h6-10,12-13H,11H2,1-3H3,(H2,28,33)(H,30,31,32). The summed E-state index contributed by atoms with van der Waals surface area (Å²) >= 11 is 0. The van der Waals surface area contributed by atoms with Crippen molar-refractivity contribution in [1.82, 2.24) is 15.0 Å². The Morgan fingerprint density at radius 1 is 1.15 bits per heavy atom. The molecule has 0 aliphatic carbocycles. The number of alkyl halides is 3.